The minimum atomic E-state index is 0.562. The normalized spacial score (nSPS) is 11.2. The molecule has 0 amide bonds. The number of benzene rings is 1. The van der Waals surface area contributed by atoms with Gasteiger partial charge in [0.2, 0.25) is 0 Å². The zero-order chi connectivity index (χ0) is 13.8. The molecule has 1 aromatic heterocycles. The Morgan fingerprint density at radius 3 is 2.47 bits per heavy atom. The number of nitrogens with zero attached hydrogens (tertiary/aromatic N) is 1. The Bertz CT molecular complexity index is 526. The minimum Gasteiger partial charge on any atom is -0.440 e. The molecule has 2 rings (SSSR count). The molecule has 1 aromatic carbocycles. The lowest BCUT2D eigenvalue weighted by atomic mass is 10.0. The van der Waals surface area contributed by atoms with Gasteiger partial charge < -0.3 is 10.2 Å². The van der Waals surface area contributed by atoms with Gasteiger partial charge in [-0.05, 0) is 24.8 Å². The topological polar surface area (TPSA) is 52.0 Å². The molecule has 0 aliphatic rings. The smallest absolute Gasteiger partial charge is 0.196 e. The van der Waals surface area contributed by atoms with Crippen LogP contribution < -0.4 is 5.73 Å². The van der Waals surface area contributed by atoms with Crippen LogP contribution in [0.1, 0.15) is 31.0 Å². The number of nitrogens with two attached hydrogens (primary N) is 1. The van der Waals surface area contributed by atoms with E-state index in [1.807, 2.05) is 6.92 Å². The van der Waals surface area contributed by atoms with Crippen LogP contribution >= 0.6 is 0 Å². The van der Waals surface area contributed by atoms with Crippen LogP contribution in [0, 0.1) is 12.8 Å². The third-order valence-electron chi connectivity index (χ3n) is 3.06. The van der Waals surface area contributed by atoms with E-state index < -0.39 is 0 Å². The summed E-state index contributed by atoms with van der Waals surface area (Å²) in [6, 6.07) is 8.55. The van der Waals surface area contributed by atoms with E-state index in [1.165, 1.54) is 5.56 Å². The number of hydrogen-bond acceptors (Lipinski definition) is 3. The average Bonchev–Trinajstić information content (AvgIpc) is 2.71. The molecule has 0 aliphatic heterocycles. The molecule has 0 spiro atoms. The first-order chi connectivity index (χ1) is 9.10. The number of aromatic nitrogens is 1. The average molecular weight is 258 g/mol. The Hall–Kier alpha value is -1.61. The number of rotatable bonds is 5. The van der Waals surface area contributed by atoms with E-state index in [-0.39, 0.29) is 0 Å². The van der Waals surface area contributed by atoms with E-state index in [0.29, 0.717) is 18.9 Å². The Labute approximate surface area is 114 Å². The Kier molecular flexibility index (Phi) is 4.38. The van der Waals surface area contributed by atoms with Crippen molar-refractivity contribution in [2.75, 3.05) is 6.54 Å². The van der Waals surface area contributed by atoms with Crippen molar-refractivity contribution in [2.24, 2.45) is 11.7 Å². The van der Waals surface area contributed by atoms with Crippen LogP contribution in [-0.2, 0) is 12.8 Å². The largest absolute Gasteiger partial charge is 0.440 e. The predicted octanol–water partition coefficient (Wildman–Crippen LogP) is 3.35. The van der Waals surface area contributed by atoms with E-state index in [1.54, 1.807) is 0 Å². The number of aryl methyl sites for hydroxylation is 1. The molecular formula is C16H22N2O. The minimum absolute atomic E-state index is 0.562. The fourth-order valence-electron chi connectivity index (χ4n) is 2.21. The van der Waals surface area contributed by atoms with Gasteiger partial charge in [-0.2, -0.15) is 0 Å². The van der Waals surface area contributed by atoms with E-state index in [4.69, 9.17) is 10.2 Å². The van der Waals surface area contributed by atoms with Crippen molar-refractivity contribution in [3.05, 3.63) is 41.4 Å². The first kappa shape index (κ1) is 13.8. The van der Waals surface area contributed by atoms with Gasteiger partial charge in [0.05, 0.1) is 5.69 Å². The number of hydrogen-bond donors (Lipinski definition) is 1. The van der Waals surface area contributed by atoms with Crippen molar-refractivity contribution in [2.45, 2.75) is 33.6 Å². The van der Waals surface area contributed by atoms with Crippen molar-refractivity contribution in [3.8, 4) is 11.3 Å². The van der Waals surface area contributed by atoms with E-state index >= 15 is 0 Å². The van der Waals surface area contributed by atoms with Gasteiger partial charge in [-0.15, -0.1) is 0 Å². The summed E-state index contributed by atoms with van der Waals surface area (Å²) in [7, 11) is 0. The molecule has 3 heteroatoms. The van der Waals surface area contributed by atoms with Gasteiger partial charge in [0, 0.05) is 18.5 Å². The molecule has 1 heterocycles. The van der Waals surface area contributed by atoms with E-state index in [9.17, 15) is 0 Å². The molecule has 0 unspecified atom stereocenters. The van der Waals surface area contributed by atoms with Gasteiger partial charge in [-0.1, -0.05) is 38.1 Å². The van der Waals surface area contributed by atoms with Gasteiger partial charge in [-0.3, -0.25) is 0 Å². The van der Waals surface area contributed by atoms with Crippen LogP contribution in [0.5, 0.6) is 0 Å². The Balaban J connectivity index is 2.21. The maximum atomic E-state index is 5.77. The van der Waals surface area contributed by atoms with Crippen molar-refractivity contribution in [1.29, 1.82) is 0 Å². The second-order valence-corrected chi connectivity index (χ2v) is 5.36. The summed E-state index contributed by atoms with van der Waals surface area (Å²) in [5, 5.41) is 0. The second kappa shape index (κ2) is 6.02. The zero-order valence-corrected chi connectivity index (χ0v) is 11.9. The van der Waals surface area contributed by atoms with Gasteiger partial charge >= 0.3 is 0 Å². The van der Waals surface area contributed by atoms with Crippen LogP contribution in [0.25, 0.3) is 11.3 Å². The molecule has 0 saturated heterocycles. The fourth-order valence-corrected chi connectivity index (χ4v) is 2.21. The van der Waals surface area contributed by atoms with Gasteiger partial charge in [0.25, 0.3) is 0 Å². The van der Waals surface area contributed by atoms with Gasteiger partial charge in [-0.25, -0.2) is 4.98 Å². The molecule has 3 nitrogen and oxygen atoms in total. The lowest BCUT2D eigenvalue weighted by Crippen LogP contribution is -2.02. The molecule has 0 aliphatic carbocycles. The van der Waals surface area contributed by atoms with Gasteiger partial charge in [0.1, 0.15) is 0 Å². The standard InChI is InChI=1S/C16H22N2O/c1-11(2)10-13-4-6-14(7-5-13)16-12(3)18-15(19-16)8-9-17/h4-7,11H,8-10,17H2,1-3H3. The van der Waals surface area contributed by atoms with Crippen LogP contribution in [0.2, 0.25) is 0 Å². The summed E-state index contributed by atoms with van der Waals surface area (Å²) < 4.78 is 5.77. The monoisotopic (exact) mass is 258 g/mol. The van der Waals surface area contributed by atoms with Gasteiger partial charge in [0.15, 0.2) is 11.7 Å². The van der Waals surface area contributed by atoms with Crippen molar-refractivity contribution in [1.82, 2.24) is 4.98 Å². The molecule has 102 valence electrons. The molecule has 0 bridgehead atoms. The second-order valence-electron chi connectivity index (χ2n) is 5.36. The highest BCUT2D eigenvalue weighted by atomic mass is 16.4. The molecule has 19 heavy (non-hydrogen) atoms. The molecule has 0 radical (unpaired) electrons. The van der Waals surface area contributed by atoms with E-state index in [2.05, 4.69) is 43.1 Å². The summed E-state index contributed by atoms with van der Waals surface area (Å²) in [6.07, 6.45) is 1.79. The first-order valence-electron chi connectivity index (χ1n) is 6.86. The third-order valence-corrected chi connectivity index (χ3v) is 3.06. The highest BCUT2D eigenvalue weighted by Crippen LogP contribution is 2.25. The maximum absolute atomic E-state index is 5.77. The molecule has 2 N–H and O–H groups in total. The molecule has 0 saturated carbocycles. The molecular weight excluding hydrogens is 236 g/mol. The van der Waals surface area contributed by atoms with Crippen molar-refractivity contribution < 1.29 is 4.42 Å². The molecule has 0 atom stereocenters. The van der Waals surface area contributed by atoms with Crippen LogP contribution in [-0.4, -0.2) is 11.5 Å². The molecule has 2 aromatic rings. The summed E-state index contributed by atoms with van der Waals surface area (Å²) in [4.78, 5) is 4.40. The summed E-state index contributed by atoms with van der Waals surface area (Å²) in [6.45, 7) is 6.99. The Morgan fingerprint density at radius 1 is 1.21 bits per heavy atom. The highest BCUT2D eigenvalue weighted by Gasteiger charge is 2.11. The quantitative estimate of drug-likeness (QED) is 0.894. The summed E-state index contributed by atoms with van der Waals surface area (Å²) >= 11 is 0. The van der Waals surface area contributed by atoms with Crippen LogP contribution in [0.15, 0.2) is 28.7 Å². The molecule has 0 fully saturated rings. The maximum Gasteiger partial charge on any atom is 0.196 e. The zero-order valence-electron chi connectivity index (χ0n) is 11.9. The third kappa shape index (κ3) is 3.44. The first-order valence-corrected chi connectivity index (χ1v) is 6.86. The summed E-state index contributed by atoms with van der Waals surface area (Å²) in [5.74, 6) is 2.26. The highest BCUT2D eigenvalue weighted by molar-refractivity contribution is 5.60. The summed E-state index contributed by atoms with van der Waals surface area (Å²) in [5.41, 5.74) is 8.90. The van der Waals surface area contributed by atoms with Crippen molar-refractivity contribution >= 4 is 0 Å². The van der Waals surface area contributed by atoms with E-state index in [0.717, 1.165) is 29.3 Å². The lowest BCUT2D eigenvalue weighted by Gasteiger charge is -2.05. The van der Waals surface area contributed by atoms with Crippen LogP contribution in [0.3, 0.4) is 0 Å². The predicted molar refractivity (Wildman–Crippen MR) is 78.0 cm³/mol. The van der Waals surface area contributed by atoms with Crippen molar-refractivity contribution in [3.63, 3.8) is 0 Å². The SMILES string of the molecule is Cc1nc(CCN)oc1-c1ccc(CC(C)C)cc1. The Morgan fingerprint density at radius 2 is 1.89 bits per heavy atom. The number of oxazole rings is 1. The van der Waals surface area contributed by atoms with Crippen LogP contribution in [0.4, 0.5) is 0 Å². The lowest BCUT2D eigenvalue weighted by molar-refractivity contribution is 0.508. The fraction of sp³-hybridized carbons (Fsp3) is 0.438.